The lowest BCUT2D eigenvalue weighted by molar-refractivity contribution is -0.120. The number of benzene rings is 1. The Morgan fingerprint density at radius 1 is 1.18 bits per heavy atom. The number of Topliss-reactive ketones (excluding diaryl/α,β-unsaturated/α-hetero) is 1. The minimum atomic E-state index is -0.374. The van der Waals surface area contributed by atoms with Crippen LogP contribution >= 0.6 is 0 Å². The molecule has 0 bridgehead atoms. The molecular formula is C23H26N2O3. The van der Waals surface area contributed by atoms with Gasteiger partial charge < -0.3 is 14.5 Å². The Morgan fingerprint density at radius 3 is 2.64 bits per heavy atom. The highest BCUT2D eigenvalue weighted by molar-refractivity contribution is 5.80. The molecule has 2 aliphatic carbocycles. The van der Waals surface area contributed by atoms with Crippen molar-refractivity contribution in [3.8, 4) is 23.3 Å². The molecule has 0 unspecified atom stereocenters. The Morgan fingerprint density at radius 2 is 1.96 bits per heavy atom. The largest absolute Gasteiger partial charge is 0.493 e. The fourth-order valence-electron chi connectivity index (χ4n) is 4.21. The topological polar surface area (TPSA) is 64.2 Å². The number of ether oxygens (including phenoxy) is 2. The number of hydrogen-bond acceptors (Lipinski definition) is 4. The summed E-state index contributed by atoms with van der Waals surface area (Å²) in [5, 5.41) is 0. The summed E-state index contributed by atoms with van der Waals surface area (Å²) >= 11 is 0. The fourth-order valence-corrected chi connectivity index (χ4v) is 4.21. The summed E-state index contributed by atoms with van der Waals surface area (Å²) in [6, 6.07) is 6.10. The number of aromatic amines is 1. The van der Waals surface area contributed by atoms with Crippen LogP contribution in [0.4, 0.5) is 0 Å². The maximum atomic E-state index is 11.9. The van der Waals surface area contributed by atoms with E-state index < -0.39 is 0 Å². The van der Waals surface area contributed by atoms with E-state index in [1.165, 1.54) is 12.8 Å². The summed E-state index contributed by atoms with van der Waals surface area (Å²) in [6.45, 7) is 0. The third-order valence-corrected chi connectivity index (χ3v) is 5.89. The Labute approximate surface area is 165 Å². The monoisotopic (exact) mass is 378 g/mol. The number of carbonyl (C=O) groups excluding carboxylic acids is 1. The predicted molar refractivity (Wildman–Crippen MR) is 106 cm³/mol. The zero-order chi connectivity index (χ0) is 19.4. The molecule has 2 aliphatic rings. The van der Waals surface area contributed by atoms with Crippen LogP contribution in [0.2, 0.25) is 0 Å². The third-order valence-electron chi connectivity index (χ3n) is 5.89. The molecular weight excluding hydrogens is 352 g/mol. The molecule has 0 spiro atoms. The smallest absolute Gasteiger partial charge is 0.182 e. The molecule has 1 heterocycles. The average Bonchev–Trinajstić information content (AvgIpc) is 3.42. The molecule has 2 saturated carbocycles. The number of ketones is 1. The molecule has 0 amide bonds. The highest BCUT2D eigenvalue weighted by Gasteiger charge is 2.36. The first-order valence-electron chi connectivity index (χ1n) is 10.1. The normalized spacial score (nSPS) is 19.1. The van der Waals surface area contributed by atoms with Gasteiger partial charge in [-0.25, -0.2) is 4.98 Å². The Hall–Kier alpha value is -2.74. The number of H-pyrrole nitrogens is 1. The lowest BCUT2D eigenvalue weighted by atomic mass is 9.69. The maximum absolute atomic E-state index is 11.9. The zero-order valence-electron chi connectivity index (χ0n) is 16.3. The van der Waals surface area contributed by atoms with Crippen LogP contribution in [0.3, 0.4) is 0 Å². The van der Waals surface area contributed by atoms with Gasteiger partial charge >= 0.3 is 0 Å². The second-order valence-corrected chi connectivity index (χ2v) is 7.70. The van der Waals surface area contributed by atoms with Gasteiger partial charge in [-0.15, -0.1) is 0 Å². The van der Waals surface area contributed by atoms with Crippen LogP contribution in [-0.2, 0) is 10.2 Å². The van der Waals surface area contributed by atoms with Crippen molar-refractivity contribution < 1.29 is 14.3 Å². The molecule has 1 N–H and O–H groups in total. The number of methoxy groups -OCH3 is 1. The van der Waals surface area contributed by atoms with E-state index >= 15 is 0 Å². The quantitative estimate of drug-likeness (QED) is 0.811. The van der Waals surface area contributed by atoms with E-state index in [4.69, 9.17) is 9.47 Å². The molecule has 0 aliphatic heterocycles. The van der Waals surface area contributed by atoms with Gasteiger partial charge in [0.25, 0.3) is 0 Å². The first-order valence-corrected chi connectivity index (χ1v) is 10.1. The minimum Gasteiger partial charge on any atom is -0.493 e. The van der Waals surface area contributed by atoms with Gasteiger partial charge in [-0.2, -0.15) is 0 Å². The van der Waals surface area contributed by atoms with Crippen molar-refractivity contribution in [3.05, 3.63) is 42.0 Å². The van der Waals surface area contributed by atoms with E-state index in [1.807, 2.05) is 6.07 Å². The van der Waals surface area contributed by atoms with Gasteiger partial charge in [0.2, 0.25) is 0 Å². The number of imidazole rings is 1. The second-order valence-electron chi connectivity index (χ2n) is 7.70. The first-order chi connectivity index (χ1) is 13.7. The molecule has 0 atom stereocenters. The van der Waals surface area contributed by atoms with Gasteiger partial charge in [0.1, 0.15) is 5.78 Å². The molecule has 28 heavy (non-hydrogen) atoms. The lowest BCUT2D eigenvalue weighted by Crippen LogP contribution is -2.30. The Balaban J connectivity index is 1.70. The molecule has 4 rings (SSSR count). The molecule has 2 aromatic rings. The summed E-state index contributed by atoms with van der Waals surface area (Å²) in [7, 11) is 1.67. The van der Waals surface area contributed by atoms with Crippen molar-refractivity contribution in [2.24, 2.45) is 0 Å². The number of nitrogens with one attached hydrogen (secondary N) is 1. The number of rotatable bonds is 4. The van der Waals surface area contributed by atoms with Crippen molar-refractivity contribution in [2.45, 2.75) is 62.9 Å². The number of carbonyl (C=O) groups is 1. The summed E-state index contributed by atoms with van der Waals surface area (Å²) < 4.78 is 11.8. The predicted octanol–water partition coefficient (Wildman–Crippen LogP) is 4.17. The van der Waals surface area contributed by atoms with E-state index in [0.29, 0.717) is 24.4 Å². The van der Waals surface area contributed by atoms with E-state index in [1.54, 1.807) is 19.5 Å². The van der Waals surface area contributed by atoms with Crippen molar-refractivity contribution in [1.82, 2.24) is 9.97 Å². The summed E-state index contributed by atoms with van der Waals surface area (Å²) in [6.07, 6.45) is 10.9. The molecule has 1 aromatic carbocycles. The van der Waals surface area contributed by atoms with Crippen molar-refractivity contribution in [2.75, 3.05) is 7.11 Å². The summed E-state index contributed by atoms with van der Waals surface area (Å²) in [5.41, 5.74) is 0.716. The van der Waals surface area contributed by atoms with Crippen LogP contribution in [-0.4, -0.2) is 29.0 Å². The van der Waals surface area contributed by atoms with Crippen LogP contribution in [0.15, 0.2) is 30.6 Å². The minimum absolute atomic E-state index is 0.252. The summed E-state index contributed by atoms with van der Waals surface area (Å²) in [5.74, 6) is 9.09. The van der Waals surface area contributed by atoms with Gasteiger partial charge in [-0.05, 0) is 62.1 Å². The standard InChI is InChI=1S/C23H26N2O3/c1-27-20-7-6-17(16-21(20)28-19-4-2-3-5-19)23(11-8-18(26)9-12-23)13-10-22-24-14-15-25-22/h6-7,14-16,19H,2-5,8-9,11-12H2,1H3,(H,24,25). The van der Waals surface area contributed by atoms with E-state index in [9.17, 15) is 4.79 Å². The van der Waals surface area contributed by atoms with Crippen molar-refractivity contribution in [1.29, 1.82) is 0 Å². The SMILES string of the molecule is COc1ccc(C2(C#Cc3ncc[nH]3)CCC(=O)CC2)cc1OC1CCCC1. The number of nitrogens with zero attached hydrogens (tertiary/aromatic N) is 1. The van der Waals surface area contributed by atoms with Crippen molar-refractivity contribution in [3.63, 3.8) is 0 Å². The second kappa shape index (κ2) is 8.10. The van der Waals surface area contributed by atoms with E-state index in [0.717, 1.165) is 42.7 Å². The molecule has 5 heteroatoms. The maximum Gasteiger partial charge on any atom is 0.182 e. The highest BCUT2D eigenvalue weighted by atomic mass is 16.5. The van der Waals surface area contributed by atoms with Gasteiger partial charge in [-0.1, -0.05) is 12.0 Å². The van der Waals surface area contributed by atoms with Crippen LogP contribution in [0.5, 0.6) is 11.5 Å². The number of hydrogen-bond donors (Lipinski definition) is 1. The van der Waals surface area contributed by atoms with Gasteiger partial charge in [0, 0.05) is 25.2 Å². The van der Waals surface area contributed by atoms with Gasteiger partial charge in [0.15, 0.2) is 17.3 Å². The van der Waals surface area contributed by atoms with Gasteiger partial charge in [0.05, 0.1) is 18.6 Å². The first kappa shape index (κ1) is 18.6. The van der Waals surface area contributed by atoms with Crippen molar-refractivity contribution >= 4 is 5.78 Å². The van der Waals surface area contributed by atoms with E-state index in [-0.39, 0.29) is 11.5 Å². The average molecular weight is 378 g/mol. The van der Waals surface area contributed by atoms with Crippen LogP contribution in [0.25, 0.3) is 0 Å². The van der Waals surface area contributed by atoms with Gasteiger partial charge in [-0.3, -0.25) is 4.79 Å². The molecule has 0 saturated heterocycles. The Kier molecular flexibility index (Phi) is 5.38. The molecule has 1 aromatic heterocycles. The van der Waals surface area contributed by atoms with Crippen LogP contribution in [0, 0.1) is 11.8 Å². The molecule has 0 radical (unpaired) electrons. The molecule has 146 valence electrons. The van der Waals surface area contributed by atoms with E-state index in [2.05, 4.69) is 33.9 Å². The van der Waals surface area contributed by atoms with Crippen LogP contribution in [0.1, 0.15) is 62.8 Å². The third kappa shape index (κ3) is 3.91. The lowest BCUT2D eigenvalue weighted by Gasteiger charge is -2.33. The Bertz CT molecular complexity index is 876. The molecule has 2 fully saturated rings. The fraction of sp³-hybridized carbons (Fsp3) is 0.478. The zero-order valence-corrected chi connectivity index (χ0v) is 16.3. The number of aromatic nitrogens is 2. The summed E-state index contributed by atoms with van der Waals surface area (Å²) in [4.78, 5) is 19.1. The highest BCUT2D eigenvalue weighted by Crippen LogP contribution is 2.42. The van der Waals surface area contributed by atoms with Crippen LogP contribution < -0.4 is 9.47 Å². The molecule has 5 nitrogen and oxygen atoms in total.